The van der Waals surface area contributed by atoms with E-state index in [4.69, 9.17) is 0 Å². The molecular formula is C11H11N3O2S. The van der Waals surface area contributed by atoms with Gasteiger partial charge in [0.1, 0.15) is 5.70 Å². The van der Waals surface area contributed by atoms with Crippen LogP contribution in [0.4, 0.5) is 0 Å². The first-order chi connectivity index (χ1) is 8.08. The summed E-state index contributed by atoms with van der Waals surface area (Å²) in [5.41, 5.74) is 0.455. The first kappa shape index (κ1) is 11.5. The molecule has 0 aliphatic carbocycles. The van der Waals surface area contributed by atoms with Gasteiger partial charge in [0.05, 0.1) is 0 Å². The third-order valence-electron chi connectivity index (χ3n) is 2.22. The van der Waals surface area contributed by atoms with E-state index in [-0.39, 0.29) is 17.8 Å². The zero-order valence-electron chi connectivity index (χ0n) is 9.43. The highest BCUT2D eigenvalue weighted by Gasteiger charge is 2.26. The lowest BCUT2D eigenvalue weighted by molar-refractivity contribution is -0.117. The van der Waals surface area contributed by atoms with Crippen LogP contribution < -0.4 is 5.32 Å². The minimum Gasteiger partial charge on any atom is -0.310 e. The monoisotopic (exact) mass is 249 g/mol. The van der Waals surface area contributed by atoms with Gasteiger partial charge in [-0.25, -0.2) is 0 Å². The third kappa shape index (κ3) is 2.42. The van der Waals surface area contributed by atoms with E-state index in [9.17, 15) is 9.59 Å². The Balaban J connectivity index is 2.24. The van der Waals surface area contributed by atoms with Crippen LogP contribution in [0.5, 0.6) is 0 Å². The Bertz CT molecular complexity index is 517. The van der Waals surface area contributed by atoms with E-state index in [0.717, 1.165) is 4.88 Å². The number of carbonyl (C=O) groups excluding carboxylic acids is 2. The predicted octanol–water partition coefficient (Wildman–Crippen LogP) is 1.05. The molecule has 1 aromatic rings. The lowest BCUT2D eigenvalue weighted by atomic mass is 10.3. The summed E-state index contributed by atoms with van der Waals surface area (Å²) in [7, 11) is 1.69. The van der Waals surface area contributed by atoms with Gasteiger partial charge in [0.15, 0.2) is 0 Å². The first-order valence-electron chi connectivity index (χ1n) is 4.97. The summed E-state index contributed by atoms with van der Waals surface area (Å²) in [6.07, 6.45) is 1.76. The quantitative estimate of drug-likeness (QED) is 0.757. The number of aliphatic imine (C=N–C) groups is 1. The number of thiophene rings is 1. The van der Waals surface area contributed by atoms with Crippen molar-refractivity contribution in [1.82, 2.24) is 10.2 Å². The fourth-order valence-corrected chi connectivity index (χ4v) is 2.07. The van der Waals surface area contributed by atoms with E-state index < -0.39 is 0 Å². The largest absolute Gasteiger partial charge is 0.310 e. The normalized spacial score (nSPS) is 17.5. The number of rotatable bonds is 1. The molecule has 1 aliphatic heterocycles. The molecule has 0 atom stereocenters. The molecule has 1 aliphatic rings. The van der Waals surface area contributed by atoms with E-state index >= 15 is 0 Å². The number of likely N-dealkylation sites (N-methyl/N-ethyl adjacent to an activating group) is 1. The summed E-state index contributed by atoms with van der Waals surface area (Å²) >= 11 is 1.54. The molecule has 0 fully saturated rings. The highest BCUT2D eigenvalue weighted by molar-refractivity contribution is 7.10. The number of carbonyl (C=O) groups is 2. The zero-order chi connectivity index (χ0) is 12.4. The second-order valence-corrected chi connectivity index (χ2v) is 4.51. The molecule has 0 spiro atoms. The molecule has 17 heavy (non-hydrogen) atoms. The Kier molecular flexibility index (Phi) is 3.06. The van der Waals surface area contributed by atoms with Gasteiger partial charge in [0, 0.05) is 18.8 Å². The van der Waals surface area contributed by atoms with Crippen LogP contribution in [0.2, 0.25) is 0 Å². The minimum absolute atomic E-state index is 0.249. The first-order valence-corrected chi connectivity index (χ1v) is 5.85. The van der Waals surface area contributed by atoms with Gasteiger partial charge in [-0.2, -0.15) is 4.99 Å². The van der Waals surface area contributed by atoms with Crippen molar-refractivity contribution >= 4 is 35.2 Å². The summed E-state index contributed by atoms with van der Waals surface area (Å²) in [4.78, 5) is 28.9. The van der Waals surface area contributed by atoms with Crippen LogP contribution >= 0.6 is 11.3 Å². The number of nitrogens with zero attached hydrogens (tertiary/aromatic N) is 2. The Morgan fingerprint density at radius 2 is 2.35 bits per heavy atom. The summed E-state index contributed by atoms with van der Waals surface area (Å²) in [6, 6.07) is 3.82. The summed E-state index contributed by atoms with van der Waals surface area (Å²) < 4.78 is 0. The van der Waals surface area contributed by atoms with Crippen molar-refractivity contribution < 1.29 is 9.59 Å². The SMILES string of the molecule is CC(=O)NC1=NC(=O)/C(=C/c2cccs2)N1C. The minimum atomic E-state index is -0.343. The second-order valence-electron chi connectivity index (χ2n) is 3.53. The van der Waals surface area contributed by atoms with Gasteiger partial charge >= 0.3 is 0 Å². The fraction of sp³-hybridized carbons (Fsp3) is 0.182. The van der Waals surface area contributed by atoms with Crippen LogP contribution in [0.3, 0.4) is 0 Å². The van der Waals surface area contributed by atoms with Crippen LogP contribution in [0.25, 0.3) is 6.08 Å². The molecule has 1 N–H and O–H groups in total. The predicted molar refractivity (Wildman–Crippen MR) is 66.3 cm³/mol. The number of hydrogen-bond donors (Lipinski definition) is 1. The third-order valence-corrected chi connectivity index (χ3v) is 3.03. The molecule has 6 heteroatoms. The van der Waals surface area contributed by atoms with Crippen molar-refractivity contribution in [2.75, 3.05) is 7.05 Å². The van der Waals surface area contributed by atoms with Crippen molar-refractivity contribution in [3.05, 3.63) is 28.1 Å². The van der Waals surface area contributed by atoms with Gasteiger partial charge in [-0.15, -0.1) is 11.3 Å². The van der Waals surface area contributed by atoms with Crippen LogP contribution in [0, 0.1) is 0 Å². The van der Waals surface area contributed by atoms with E-state index in [1.807, 2.05) is 17.5 Å². The average molecular weight is 249 g/mol. The molecule has 0 radical (unpaired) electrons. The number of amides is 2. The molecule has 0 aromatic carbocycles. The second kappa shape index (κ2) is 4.50. The molecule has 2 amide bonds. The Morgan fingerprint density at radius 3 is 2.94 bits per heavy atom. The van der Waals surface area contributed by atoms with Crippen LogP contribution in [0.15, 0.2) is 28.2 Å². The maximum absolute atomic E-state index is 11.7. The maximum Gasteiger partial charge on any atom is 0.296 e. The lowest BCUT2D eigenvalue weighted by Gasteiger charge is -2.14. The summed E-state index contributed by atoms with van der Waals surface area (Å²) in [6.45, 7) is 1.38. The molecule has 0 saturated carbocycles. The lowest BCUT2D eigenvalue weighted by Crippen LogP contribution is -2.37. The van der Waals surface area contributed by atoms with E-state index in [1.165, 1.54) is 18.3 Å². The summed E-state index contributed by atoms with van der Waals surface area (Å²) in [5.74, 6) is -0.323. The van der Waals surface area contributed by atoms with E-state index in [1.54, 1.807) is 18.0 Å². The number of guanidine groups is 1. The summed E-state index contributed by atoms with van der Waals surface area (Å²) in [5, 5.41) is 4.44. The van der Waals surface area contributed by atoms with Gasteiger partial charge in [-0.05, 0) is 17.5 Å². The molecule has 0 unspecified atom stereocenters. The number of nitrogens with one attached hydrogen (secondary N) is 1. The highest BCUT2D eigenvalue weighted by atomic mass is 32.1. The van der Waals surface area contributed by atoms with E-state index in [2.05, 4.69) is 10.3 Å². The molecule has 0 bridgehead atoms. The smallest absolute Gasteiger partial charge is 0.296 e. The highest BCUT2D eigenvalue weighted by Crippen LogP contribution is 2.19. The average Bonchev–Trinajstić information content (AvgIpc) is 2.83. The van der Waals surface area contributed by atoms with Gasteiger partial charge in [0.25, 0.3) is 5.91 Å². The van der Waals surface area contributed by atoms with E-state index in [0.29, 0.717) is 5.70 Å². The molecule has 5 nitrogen and oxygen atoms in total. The van der Waals surface area contributed by atoms with Crippen LogP contribution in [0.1, 0.15) is 11.8 Å². The molecule has 88 valence electrons. The van der Waals surface area contributed by atoms with Crippen molar-refractivity contribution in [2.24, 2.45) is 4.99 Å². The molecular weight excluding hydrogens is 238 g/mol. The van der Waals surface area contributed by atoms with Crippen molar-refractivity contribution in [3.63, 3.8) is 0 Å². The molecule has 2 heterocycles. The van der Waals surface area contributed by atoms with Crippen molar-refractivity contribution in [2.45, 2.75) is 6.92 Å². The molecule has 0 saturated heterocycles. The van der Waals surface area contributed by atoms with Crippen molar-refractivity contribution in [3.8, 4) is 0 Å². The van der Waals surface area contributed by atoms with Crippen LogP contribution in [-0.4, -0.2) is 29.7 Å². The Morgan fingerprint density at radius 1 is 1.59 bits per heavy atom. The maximum atomic E-state index is 11.7. The van der Waals surface area contributed by atoms with Gasteiger partial charge in [-0.3, -0.25) is 14.9 Å². The van der Waals surface area contributed by atoms with Gasteiger partial charge < -0.3 is 4.90 Å². The fourth-order valence-electron chi connectivity index (χ4n) is 1.42. The van der Waals surface area contributed by atoms with Gasteiger partial charge in [-0.1, -0.05) is 6.07 Å². The van der Waals surface area contributed by atoms with Gasteiger partial charge in [0.2, 0.25) is 11.9 Å². The zero-order valence-corrected chi connectivity index (χ0v) is 10.2. The number of hydrogen-bond acceptors (Lipinski definition) is 4. The standard InChI is InChI=1S/C11H11N3O2S/c1-7(15)12-11-13-10(16)9(14(11)2)6-8-4-3-5-17-8/h3-6H,1-2H3,(H,12,13,15,16)/b9-6-. The van der Waals surface area contributed by atoms with Crippen molar-refractivity contribution in [1.29, 1.82) is 0 Å². The topological polar surface area (TPSA) is 61.8 Å². The Hall–Kier alpha value is -1.95. The molecule has 2 rings (SSSR count). The molecule has 1 aromatic heterocycles. The Labute approximate surface area is 102 Å². The van der Waals surface area contributed by atoms with Crippen LogP contribution in [-0.2, 0) is 9.59 Å².